The number of hydrogen-bond donors (Lipinski definition) is 1. The minimum atomic E-state index is -1.24. The van der Waals surface area contributed by atoms with E-state index in [2.05, 4.69) is 0 Å². The Hall–Kier alpha value is -1.81. The van der Waals surface area contributed by atoms with E-state index in [4.69, 9.17) is 0 Å². The molecule has 4 heteroatoms. The van der Waals surface area contributed by atoms with Gasteiger partial charge < -0.3 is 5.11 Å². The Labute approximate surface area is 115 Å². The molecular formula is C16H15F3O. The lowest BCUT2D eigenvalue weighted by Crippen LogP contribution is -2.30. The molecule has 1 nitrogen and oxygen atoms in total. The van der Waals surface area contributed by atoms with E-state index in [1.807, 2.05) is 0 Å². The molecule has 2 aromatic carbocycles. The van der Waals surface area contributed by atoms with Crippen LogP contribution in [0.25, 0.3) is 0 Å². The number of aliphatic hydroxyl groups is 1. The molecule has 2 rings (SSSR count). The molecule has 1 N–H and O–H groups in total. The van der Waals surface area contributed by atoms with Crippen molar-refractivity contribution in [3.05, 3.63) is 71.0 Å². The maximum atomic E-state index is 13.6. The van der Waals surface area contributed by atoms with Gasteiger partial charge in [-0.25, -0.2) is 13.2 Å². The summed E-state index contributed by atoms with van der Waals surface area (Å²) in [5.41, 5.74) is -0.391. The summed E-state index contributed by atoms with van der Waals surface area (Å²) in [6.45, 7) is 1.54. The Morgan fingerprint density at radius 1 is 0.950 bits per heavy atom. The average Bonchev–Trinajstić information content (AvgIpc) is 2.37. The quantitative estimate of drug-likeness (QED) is 0.906. The molecule has 0 saturated heterocycles. The van der Waals surface area contributed by atoms with Crippen molar-refractivity contribution in [1.82, 2.24) is 0 Å². The summed E-state index contributed by atoms with van der Waals surface area (Å²) in [4.78, 5) is 0. The lowest BCUT2D eigenvalue weighted by molar-refractivity contribution is 0.0597. The molecule has 0 radical (unpaired) electrons. The van der Waals surface area contributed by atoms with Gasteiger partial charge in [-0.2, -0.15) is 0 Å². The molecule has 0 saturated carbocycles. The Bertz CT molecular complexity index is 591. The van der Waals surface area contributed by atoms with Gasteiger partial charge in [0.2, 0.25) is 0 Å². The Morgan fingerprint density at radius 2 is 1.60 bits per heavy atom. The molecule has 0 fully saturated rings. The number of halogens is 3. The summed E-state index contributed by atoms with van der Waals surface area (Å²) in [5.74, 6) is -2.23. The van der Waals surface area contributed by atoms with Gasteiger partial charge in [0.1, 0.15) is 5.82 Å². The number of hydrogen-bond acceptors (Lipinski definition) is 1. The predicted octanol–water partition coefficient (Wildman–Crippen LogP) is 3.64. The van der Waals surface area contributed by atoms with Crippen LogP contribution in [0.3, 0.4) is 0 Å². The minimum Gasteiger partial charge on any atom is -0.389 e. The molecule has 0 aromatic heterocycles. The molecule has 0 amide bonds. The molecule has 0 bridgehead atoms. The molecule has 0 aliphatic heterocycles. The highest BCUT2D eigenvalue weighted by Gasteiger charge is 2.24. The third-order valence-corrected chi connectivity index (χ3v) is 3.10. The highest BCUT2D eigenvalue weighted by molar-refractivity contribution is 5.23. The van der Waals surface area contributed by atoms with Crippen LogP contribution >= 0.6 is 0 Å². The van der Waals surface area contributed by atoms with Gasteiger partial charge in [0.15, 0.2) is 11.6 Å². The van der Waals surface area contributed by atoms with Crippen molar-refractivity contribution >= 4 is 0 Å². The number of benzene rings is 2. The molecule has 106 valence electrons. The van der Waals surface area contributed by atoms with Crippen molar-refractivity contribution in [1.29, 1.82) is 0 Å². The molecule has 0 spiro atoms. The first-order valence-electron chi connectivity index (χ1n) is 6.27. The van der Waals surface area contributed by atoms with E-state index in [9.17, 15) is 18.3 Å². The second kappa shape index (κ2) is 5.67. The standard InChI is InChI=1S/C16H15F3O/c1-16(20,9-11-5-7-13(17)8-6-11)10-12-3-2-4-14(18)15(12)19/h2-8,20H,9-10H2,1H3. The number of rotatable bonds is 4. The molecule has 1 atom stereocenters. The van der Waals surface area contributed by atoms with Gasteiger partial charge in [-0.3, -0.25) is 0 Å². The minimum absolute atomic E-state index is 0.0199. The van der Waals surface area contributed by atoms with Crippen LogP contribution in [0.5, 0.6) is 0 Å². The Kier molecular flexibility index (Phi) is 4.14. The normalized spacial score (nSPS) is 14.1. The second-order valence-corrected chi connectivity index (χ2v) is 5.19. The fourth-order valence-corrected chi connectivity index (χ4v) is 2.20. The van der Waals surface area contributed by atoms with Crippen LogP contribution in [0, 0.1) is 17.5 Å². The first-order chi connectivity index (χ1) is 9.37. The van der Waals surface area contributed by atoms with Crippen LogP contribution in [-0.4, -0.2) is 10.7 Å². The van der Waals surface area contributed by atoms with Crippen molar-refractivity contribution in [2.75, 3.05) is 0 Å². The highest BCUT2D eigenvalue weighted by Crippen LogP contribution is 2.22. The monoisotopic (exact) mass is 280 g/mol. The van der Waals surface area contributed by atoms with E-state index >= 15 is 0 Å². The zero-order chi connectivity index (χ0) is 14.8. The Balaban J connectivity index is 2.14. The molecule has 1 unspecified atom stereocenters. The van der Waals surface area contributed by atoms with Crippen LogP contribution in [0.4, 0.5) is 13.2 Å². The lowest BCUT2D eigenvalue weighted by Gasteiger charge is -2.24. The molecule has 0 heterocycles. The third kappa shape index (κ3) is 3.61. The van der Waals surface area contributed by atoms with E-state index in [0.29, 0.717) is 0 Å². The summed E-state index contributed by atoms with van der Waals surface area (Å²) in [5, 5.41) is 10.3. The van der Waals surface area contributed by atoms with Crippen LogP contribution in [0.15, 0.2) is 42.5 Å². The van der Waals surface area contributed by atoms with Crippen LogP contribution < -0.4 is 0 Å². The van der Waals surface area contributed by atoms with Crippen molar-refractivity contribution in [2.45, 2.75) is 25.4 Å². The van der Waals surface area contributed by atoms with Gasteiger partial charge >= 0.3 is 0 Å². The van der Waals surface area contributed by atoms with Gasteiger partial charge in [-0.05, 0) is 36.2 Å². The molecule has 0 aliphatic carbocycles. The molecule has 2 aromatic rings. The summed E-state index contributed by atoms with van der Waals surface area (Å²) < 4.78 is 39.5. The largest absolute Gasteiger partial charge is 0.389 e. The van der Waals surface area contributed by atoms with E-state index in [0.717, 1.165) is 11.6 Å². The summed E-state index contributed by atoms with van der Waals surface area (Å²) in [6, 6.07) is 9.60. The SMILES string of the molecule is CC(O)(Cc1ccc(F)cc1)Cc1cccc(F)c1F. The van der Waals surface area contributed by atoms with E-state index in [1.54, 1.807) is 19.1 Å². The van der Waals surface area contributed by atoms with E-state index < -0.39 is 17.2 Å². The topological polar surface area (TPSA) is 20.2 Å². The van der Waals surface area contributed by atoms with Crippen molar-refractivity contribution in [2.24, 2.45) is 0 Å². The first-order valence-corrected chi connectivity index (χ1v) is 6.27. The van der Waals surface area contributed by atoms with Gasteiger partial charge in [-0.1, -0.05) is 24.3 Å². The van der Waals surface area contributed by atoms with Crippen LogP contribution in [0.1, 0.15) is 18.1 Å². The van der Waals surface area contributed by atoms with E-state index in [1.165, 1.54) is 24.3 Å². The van der Waals surface area contributed by atoms with Crippen LogP contribution in [-0.2, 0) is 12.8 Å². The maximum Gasteiger partial charge on any atom is 0.162 e. The van der Waals surface area contributed by atoms with E-state index in [-0.39, 0.29) is 24.2 Å². The predicted molar refractivity (Wildman–Crippen MR) is 70.8 cm³/mol. The van der Waals surface area contributed by atoms with Crippen molar-refractivity contribution in [3.8, 4) is 0 Å². The summed E-state index contributed by atoms with van der Waals surface area (Å²) >= 11 is 0. The fraction of sp³-hybridized carbons (Fsp3) is 0.250. The van der Waals surface area contributed by atoms with Crippen molar-refractivity contribution < 1.29 is 18.3 Å². The van der Waals surface area contributed by atoms with Gasteiger partial charge in [0.25, 0.3) is 0 Å². The van der Waals surface area contributed by atoms with Crippen LogP contribution in [0.2, 0.25) is 0 Å². The van der Waals surface area contributed by atoms with Gasteiger partial charge in [-0.15, -0.1) is 0 Å². The fourth-order valence-electron chi connectivity index (χ4n) is 2.20. The highest BCUT2D eigenvalue weighted by atomic mass is 19.2. The molecule has 20 heavy (non-hydrogen) atoms. The lowest BCUT2D eigenvalue weighted by atomic mass is 9.89. The summed E-state index contributed by atoms with van der Waals surface area (Å²) in [7, 11) is 0. The third-order valence-electron chi connectivity index (χ3n) is 3.10. The van der Waals surface area contributed by atoms with Gasteiger partial charge in [0, 0.05) is 12.8 Å². The van der Waals surface area contributed by atoms with Crippen molar-refractivity contribution in [3.63, 3.8) is 0 Å². The first kappa shape index (κ1) is 14.6. The zero-order valence-electron chi connectivity index (χ0n) is 11.0. The molecular weight excluding hydrogens is 265 g/mol. The zero-order valence-corrected chi connectivity index (χ0v) is 11.0. The van der Waals surface area contributed by atoms with Gasteiger partial charge in [0.05, 0.1) is 5.60 Å². The maximum absolute atomic E-state index is 13.6. The second-order valence-electron chi connectivity index (χ2n) is 5.19. The average molecular weight is 280 g/mol. The Morgan fingerprint density at radius 3 is 2.25 bits per heavy atom. The summed E-state index contributed by atoms with van der Waals surface area (Å²) in [6.07, 6.45) is 0.206. The molecule has 0 aliphatic rings. The smallest absolute Gasteiger partial charge is 0.162 e.